The van der Waals surface area contributed by atoms with Crippen molar-refractivity contribution in [2.45, 2.75) is 39.8 Å². The van der Waals surface area contributed by atoms with Crippen molar-refractivity contribution < 1.29 is 13.9 Å². The van der Waals surface area contributed by atoms with Crippen LogP contribution >= 0.6 is 0 Å². The highest BCUT2D eigenvalue weighted by atomic mass is 19.1. The van der Waals surface area contributed by atoms with Crippen LogP contribution in [-0.4, -0.2) is 19.3 Å². The van der Waals surface area contributed by atoms with Gasteiger partial charge in [0.2, 0.25) is 0 Å². The second kappa shape index (κ2) is 6.71. The number of aryl methyl sites for hydroxylation is 1. The fourth-order valence-corrected chi connectivity index (χ4v) is 1.66. The normalized spacial score (nSPS) is 14.3. The van der Waals surface area contributed by atoms with Gasteiger partial charge in [-0.2, -0.15) is 0 Å². The maximum absolute atomic E-state index is 13.5. The summed E-state index contributed by atoms with van der Waals surface area (Å²) in [5.74, 6) is 0.378. The lowest BCUT2D eigenvalue weighted by atomic mass is 10.0. The standard InChI is InChI=1S/C14H22FNO2/c1-5-17-8-10(3)18-14-6-9(2)13(15)7-12(14)11(4)16/h6-7,10-11H,5,8,16H2,1-4H3. The highest BCUT2D eigenvalue weighted by Gasteiger charge is 2.14. The van der Waals surface area contributed by atoms with Gasteiger partial charge >= 0.3 is 0 Å². The minimum Gasteiger partial charge on any atom is -0.488 e. The van der Waals surface area contributed by atoms with Gasteiger partial charge in [-0.25, -0.2) is 4.39 Å². The van der Waals surface area contributed by atoms with Crippen molar-refractivity contribution in [1.82, 2.24) is 0 Å². The number of rotatable bonds is 6. The number of halogens is 1. The molecule has 4 heteroatoms. The van der Waals surface area contributed by atoms with Gasteiger partial charge in [0.15, 0.2) is 0 Å². The molecule has 0 heterocycles. The first-order valence-electron chi connectivity index (χ1n) is 6.25. The molecule has 2 N–H and O–H groups in total. The molecule has 0 aliphatic heterocycles. The first-order valence-corrected chi connectivity index (χ1v) is 6.25. The van der Waals surface area contributed by atoms with E-state index in [1.165, 1.54) is 6.07 Å². The third-order valence-corrected chi connectivity index (χ3v) is 2.67. The van der Waals surface area contributed by atoms with Crippen molar-refractivity contribution in [3.05, 3.63) is 29.1 Å². The molecule has 0 radical (unpaired) electrons. The molecule has 0 aliphatic rings. The van der Waals surface area contributed by atoms with Gasteiger partial charge in [0.1, 0.15) is 17.7 Å². The molecule has 0 bridgehead atoms. The molecule has 0 saturated heterocycles. The molecule has 0 spiro atoms. The van der Waals surface area contributed by atoms with Crippen LogP contribution in [0.5, 0.6) is 5.75 Å². The maximum atomic E-state index is 13.5. The number of ether oxygens (including phenoxy) is 2. The highest BCUT2D eigenvalue weighted by molar-refractivity contribution is 5.40. The van der Waals surface area contributed by atoms with E-state index < -0.39 is 0 Å². The average molecular weight is 255 g/mol. The van der Waals surface area contributed by atoms with Gasteiger partial charge in [0, 0.05) is 18.2 Å². The zero-order chi connectivity index (χ0) is 13.7. The minimum absolute atomic E-state index is 0.0905. The maximum Gasteiger partial charge on any atom is 0.126 e. The van der Waals surface area contributed by atoms with E-state index >= 15 is 0 Å². The summed E-state index contributed by atoms with van der Waals surface area (Å²) < 4.78 is 24.6. The van der Waals surface area contributed by atoms with Crippen LogP contribution < -0.4 is 10.5 Å². The average Bonchev–Trinajstić information content (AvgIpc) is 2.30. The molecule has 0 fully saturated rings. The lowest BCUT2D eigenvalue weighted by molar-refractivity contribution is 0.0650. The summed E-state index contributed by atoms with van der Waals surface area (Å²) in [7, 11) is 0. The van der Waals surface area contributed by atoms with Crippen LogP contribution in [0.3, 0.4) is 0 Å². The summed E-state index contributed by atoms with van der Waals surface area (Å²) in [6.45, 7) is 8.52. The van der Waals surface area contributed by atoms with Crippen molar-refractivity contribution in [2.75, 3.05) is 13.2 Å². The summed E-state index contributed by atoms with van der Waals surface area (Å²) in [6, 6.07) is 2.87. The van der Waals surface area contributed by atoms with E-state index in [9.17, 15) is 4.39 Å². The lowest BCUT2D eigenvalue weighted by Gasteiger charge is -2.19. The molecule has 0 saturated carbocycles. The number of hydrogen-bond acceptors (Lipinski definition) is 3. The molecule has 2 atom stereocenters. The van der Waals surface area contributed by atoms with E-state index in [0.717, 1.165) is 0 Å². The zero-order valence-electron chi connectivity index (χ0n) is 11.5. The van der Waals surface area contributed by atoms with Crippen molar-refractivity contribution in [3.8, 4) is 5.75 Å². The van der Waals surface area contributed by atoms with E-state index in [-0.39, 0.29) is 18.0 Å². The molecule has 102 valence electrons. The first kappa shape index (κ1) is 14.9. The van der Waals surface area contributed by atoms with Gasteiger partial charge in [0.25, 0.3) is 0 Å². The summed E-state index contributed by atoms with van der Waals surface area (Å²) in [5, 5.41) is 0. The van der Waals surface area contributed by atoms with E-state index in [1.54, 1.807) is 13.0 Å². The second-order valence-electron chi connectivity index (χ2n) is 4.52. The summed E-state index contributed by atoms with van der Waals surface area (Å²) in [6.07, 6.45) is -0.0905. The number of hydrogen-bond donors (Lipinski definition) is 1. The Hall–Kier alpha value is -1.13. The van der Waals surface area contributed by atoms with Gasteiger partial charge in [-0.05, 0) is 45.4 Å². The van der Waals surface area contributed by atoms with E-state index in [1.807, 2.05) is 20.8 Å². The summed E-state index contributed by atoms with van der Waals surface area (Å²) in [5.41, 5.74) is 7.07. The Morgan fingerprint density at radius 1 is 1.33 bits per heavy atom. The molecule has 3 nitrogen and oxygen atoms in total. The Morgan fingerprint density at radius 3 is 2.56 bits per heavy atom. The largest absolute Gasteiger partial charge is 0.488 e. The molecular formula is C14H22FNO2. The van der Waals surface area contributed by atoms with Crippen LogP contribution in [0.15, 0.2) is 12.1 Å². The van der Waals surface area contributed by atoms with Gasteiger partial charge in [-0.1, -0.05) is 0 Å². The van der Waals surface area contributed by atoms with Crippen molar-refractivity contribution >= 4 is 0 Å². The molecule has 1 aromatic rings. The van der Waals surface area contributed by atoms with Crippen LogP contribution in [0.1, 0.15) is 37.9 Å². The Morgan fingerprint density at radius 2 is 2.00 bits per heavy atom. The summed E-state index contributed by atoms with van der Waals surface area (Å²) >= 11 is 0. The Bertz CT molecular complexity index is 394. The van der Waals surface area contributed by atoms with Crippen molar-refractivity contribution in [3.63, 3.8) is 0 Å². The highest BCUT2D eigenvalue weighted by Crippen LogP contribution is 2.28. The third kappa shape index (κ3) is 3.96. The van der Waals surface area contributed by atoms with E-state index in [4.69, 9.17) is 15.2 Å². The lowest BCUT2D eigenvalue weighted by Crippen LogP contribution is -2.21. The van der Waals surface area contributed by atoms with Crippen molar-refractivity contribution in [1.29, 1.82) is 0 Å². The van der Waals surface area contributed by atoms with Gasteiger partial charge in [-0.3, -0.25) is 0 Å². The number of benzene rings is 1. The number of nitrogens with two attached hydrogens (primary N) is 1. The predicted octanol–water partition coefficient (Wildman–Crippen LogP) is 2.96. The third-order valence-electron chi connectivity index (χ3n) is 2.67. The van der Waals surface area contributed by atoms with Crippen LogP contribution in [0.25, 0.3) is 0 Å². The molecule has 18 heavy (non-hydrogen) atoms. The fourth-order valence-electron chi connectivity index (χ4n) is 1.66. The monoisotopic (exact) mass is 255 g/mol. The van der Waals surface area contributed by atoms with Gasteiger partial charge in [0.05, 0.1) is 6.61 Å². The first-order chi connectivity index (χ1) is 8.45. The second-order valence-corrected chi connectivity index (χ2v) is 4.52. The molecule has 2 unspecified atom stereocenters. The van der Waals surface area contributed by atoms with E-state index in [0.29, 0.717) is 30.1 Å². The Labute approximate surface area is 108 Å². The summed E-state index contributed by atoms with van der Waals surface area (Å²) in [4.78, 5) is 0. The Balaban J connectivity index is 2.89. The quantitative estimate of drug-likeness (QED) is 0.850. The minimum atomic E-state index is -0.269. The molecule has 1 rings (SSSR count). The molecule has 0 aromatic heterocycles. The molecule has 0 aliphatic carbocycles. The smallest absolute Gasteiger partial charge is 0.126 e. The van der Waals surface area contributed by atoms with Crippen LogP contribution in [0.2, 0.25) is 0 Å². The molecule has 0 amide bonds. The molecule has 1 aromatic carbocycles. The SMILES string of the molecule is CCOCC(C)Oc1cc(C)c(F)cc1C(C)N. The predicted molar refractivity (Wildman–Crippen MR) is 70.3 cm³/mol. The van der Waals surface area contributed by atoms with Gasteiger partial charge in [-0.15, -0.1) is 0 Å². The molecular weight excluding hydrogens is 233 g/mol. The zero-order valence-corrected chi connectivity index (χ0v) is 11.5. The van der Waals surface area contributed by atoms with Gasteiger partial charge < -0.3 is 15.2 Å². The van der Waals surface area contributed by atoms with Crippen LogP contribution in [-0.2, 0) is 4.74 Å². The van der Waals surface area contributed by atoms with Crippen LogP contribution in [0.4, 0.5) is 4.39 Å². The van der Waals surface area contributed by atoms with Crippen molar-refractivity contribution in [2.24, 2.45) is 5.73 Å². The topological polar surface area (TPSA) is 44.5 Å². The van der Waals surface area contributed by atoms with Crippen LogP contribution in [0, 0.1) is 12.7 Å². The Kier molecular flexibility index (Phi) is 5.56. The van der Waals surface area contributed by atoms with E-state index in [2.05, 4.69) is 0 Å². The fraction of sp³-hybridized carbons (Fsp3) is 0.571.